The summed E-state index contributed by atoms with van der Waals surface area (Å²) in [6, 6.07) is 13.9. The maximum absolute atomic E-state index is 12.9. The van der Waals surface area contributed by atoms with E-state index >= 15 is 0 Å². The van der Waals surface area contributed by atoms with Crippen molar-refractivity contribution >= 4 is 55.1 Å². The first kappa shape index (κ1) is 17.2. The first-order valence-corrected chi connectivity index (χ1v) is 9.28. The van der Waals surface area contributed by atoms with Crippen molar-refractivity contribution in [1.29, 1.82) is 0 Å². The Kier molecular flexibility index (Phi) is 5.46. The number of anilines is 1. The van der Waals surface area contributed by atoms with E-state index in [2.05, 4.69) is 22.6 Å². The molecule has 1 atom stereocenters. The van der Waals surface area contributed by atoms with Gasteiger partial charge in [0.1, 0.15) is 6.04 Å². The van der Waals surface area contributed by atoms with Crippen molar-refractivity contribution in [1.82, 2.24) is 0 Å². The SMILES string of the molecule is CC(C(=O)Cl)N(c1cccc(I)c1)S(=O)(=O)c1ccccc1. The lowest BCUT2D eigenvalue weighted by Crippen LogP contribution is -2.42. The molecule has 116 valence electrons. The van der Waals surface area contributed by atoms with E-state index in [1.807, 2.05) is 6.07 Å². The summed E-state index contributed by atoms with van der Waals surface area (Å²) in [5.41, 5.74) is 0.400. The number of hydrogen-bond donors (Lipinski definition) is 0. The molecule has 0 aliphatic carbocycles. The summed E-state index contributed by atoms with van der Waals surface area (Å²) >= 11 is 7.64. The van der Waals surface area contributed by atoms with Gasteiger partial charge in [-0.05, 0) is 71.4 Å². The summed E-state index contributed by atoms with van der Waals surface area (Å²) in [6.07, 6.45) is 0. The Balaban J connectivity index is 2.62. The number of rotatable bonds is 5. The molecule has 0 aliphatic rings. The first-order chi connectivity index (χ1) is 10.3. The topological polar surface area (TPSA) is 54.5 Å². The van der Waals surface area contributed by atoms with Crippen LogP contribution in [0, 0.1) is 3.57 Å². The van der Waals surface area contributed by atoms with Crippen LogP contribution < -0.4 is 4.31 Å². The second-order valence-electron chi connectivity index (χ2n) is 4.57. The molecule has 1 unspecified atom stereocenters. The molecule has 0 aliphatic heterocycles. The van der Waals surface area contributed by atoms with Gasteiger partial charge in [-0.2, -0.15) is 0 Å². The summed E-state index contributed by atoms with van der Waals surface area (Å²) in [5.74, 6) is 0. The molecule has 0 spiro atoms. The minimum absolute atomic E-state index is 0.110. The first-order valence-electron chi connectivity index (χ1n) is 6.38. The molecule has 4 nitrogen and oxygen atoms in total. The van der Waals surface area contributed by atoms with E-state index in [0.29, 0.717) is 5.69 Å². The fraction of sp³-hybridized carbons (Fsp3) is 0.133. The van der Waals surface area contributed by atoms with Gasteiger partial charge in [-0.25, -0.2) is 8.42 Å². The summed E-state index contributed by atoms with van der Waals surface area (Å²) in [5, 5.41) is -0.738. The number of hydrogen-bond acceptors (Lipinski definition) is 3. The van der Waals surface area contributed by atoms with Crippen LogP contribution in [0.1, 0.15) is 6.92 Å². The second-order valence-corrected chi connectivity index (χ2v) is 8.01. The average molecular weight is 450 g/mol. The van der Waals surface area contributed by atoms with Gasteiger partial charge in [0.05, 0.1) is 10.6 Å². The maximum Gasteiger partial charge on any atom is 0.265 e. The molecule has 0 bridgehead atoms. The molecule has 0 amide bonds. The number of halogens is 2. The molecule has 0 radical (unpaired) electrons. The van der Waals surface area contributed by atoms with E-state index in [9.17, 15) is 13.2 Å². The van der Waals surface area contributed by atoms with E-state index in [1.165, 1.54) is 19.1 Å². The van der Waals surface area contributed by atoms with Crippen LogP contribution in [0.25, 0.3) is 0 Å². The highest BCUT2D eigenvalue weighted by Crippen LogP contribution is 2.28. The highest BCUT2D eigenvalue weighted by molar-refractivity contribution is 14.1. The smallest absolute Gasteiger partial charge is 0.265 e. The van der Waals surface area contributed by atoms with Crippen LogP contribution in [0.5, 0.6) is 0 Å². The molecule has 0 fully saturated rings. The minimum Gasteiger partial charge on any atom is -0.279 e. The van der Waals surface area contributed by atoms with Gasteiger partial charge in [-0.3, -0.25) is 9.10 Å². The van der Waals surface area contributed by atoms with Crippen molar-refractivity contribution in [3.63, 3.8) is 0 Å². The number of carbonyl (C=O) groups is 1. The van der Waals surface area contributed by atoms with E-state index in [0.717, 1.165) is 7.88 Å². The van der Waals surface area contributed by atoms with E-state index in [-0.39, 0.29) is 4.90 Å². The molecule has 2 aromatic carbocycles. The van der Waals surface area contributed by atoms with Gasteiger partial charge in [0.15, 0.2) is 0 Å². The van der Waals surface area contributed by atoms with Crippen molar-refractivity contribution in [2.24, 2.45) is 0 Å². The van der Waals surface area contributed by atoms with Crippen molar-refractivity contribution in [2.45, 2.75) is 17.9 Å². The molecule has 7 heteroatoms. The quantitative estimate of drug-likeness (QED) is 0.517. The standard InChI is InChI=1S/C15H13ClINO3S/c1-11(15(16)19)18(13-7-5-6-12(17)10-13)22(20,21)14-8-3-2-4-9-14/h2-11H,1H3. The normalized spacial score (nSPS) is 12.7. The zero-order chi connectivity index (χ0) is 16.3. The van der Waals surface area contributed by atoms with Crippen LogP contribution in [0.3, 0.4) is 0 Å². The number of benzene rings is 2. The molecule has 2 rings (SSSR count). The Hall–Kier alpha value is -1.12. The number of carbonyl (C=O) groups excluding carboxylic acids is 1. The summed E-state index contributed by atoms with van der Waals surface area (Å²) < 4.78 is 27.7. The van der Waals surface area contributed by atoms with E-state index < -0.39 is 21.3 Å². The molecule has 0 saturated carbocycles. The van der Waals surface area contributed by atoms with Gasteiger partial charge in [0.2, 0.25) is 5.24 Å². The zero-order valence-corrected chi connectivity index (χ0v) is 15.3. The molecule has 22 heavy (non-hydrogen) atoms. The highest BCUT2D eigenvalue weighted by atomic mass is 127. The molecule has 0 saturated heterocycles. The number of nitrogens with zero attached hydrogens (tertiary/aromatic N) is 1. The van der Waals surface area contributed by atoms with Crippen molar-refractivity contribution < 1.29 is 13.2 Å². The van der Waals surface area contributed by atoms with Gasteiger partial charge < -0.3 is 0 Å². The molecular formula is C15H13ClINO3S. The van der Waals surface area contributed by atoms with Gasteiger partial charge in [-0.1, -0.05) is 24.3 Å². The largest absolute Gasteiger partial charge is 0.279 e. The highest BCUT2D eigenvalue weighted by Gasteiger charge is 2.32. The third-order valence-corrected chi connectivity index (χ3v) is 5.94. The lowest BCUT2D eigenvalue weighted by molar-refractivity contribution is -0.112. The summed E-state index contributed by atoms with van der Waals surface area (Å²) in [4.78, 5) is 11.7. The van der Waals surface area contributed by atoms with Gasteiger partial charge >= 0.3 is 0 Å². The van der Waals surface area contributed by atoms with Gasteiger partial charge in [0.25, 0.3) is 10.0 Å². The van der Waals surface area contributed by atoms with Crippen molar-refractivity contribution in [2.75, 3.05) is 4.31 Å². The Morgan fingerprint density at radius 3 is 2.32 bits per heavy atom. The Bertz CT molecular complexity index is 780. The third-order valence-electron chi connectivity index (χ3n) is 3.04. The summed E-state index contributed by atoms with van der Waals surface area (Å²) in [7, 11) is -3.89. The Labute approximate surface area is 148 Å². The van der Waals surface area contributed by atoms with Crippen LogP contribution in [0.2, 0.25) is 0 Å². The second kappa shape index (κ2) is 6.97. The van der Waals surface area contributed by atoms with Gasteiger partial charge in [-0.15, -0.1) is 0 Å². The van der Waals surface area contributed by atoms with Gasteiger partial charge in [0, 0.05) is 3.57 Å². The van der Waals surface area contributed by atoms with Crippen LogP contribution in [-0.2, 0) is 14.8 Å². The lowest BCUT2D eigenvalue weighted by Gasteiger charge is -2.28. The molecular weight excluding hydrogens is 437 g/mol. The monoisotopic (exact) mass is 449 g/mol. The summed E-state index contributed by atoms with van der Waals surface area (Å²) in [6.45, 7) is 1.47. The van der Waals surface area contributed by atoms with Crippen molar-refractivity contribution in [3.05, 3.63) is 58.2 Å². The molecule has 2 aromatic rings. The maximum atomic E-state index is 12.9. The zero-order valence-electron chi connectivity index (χ0n) is 11.6. The predicted octanol–water partition coefficient (Wildman–Crippen LogP) is 3.64. The fourth-order valence-corrected chi connectivity index (χ4v) is 4.30. The van der Waals surface area contributed by atoms with Crippen LogP contribution >= 0.6 is 34.2 Å². The van der Waals surface area contributed by atoms with E-state index in [4.69, 9.17) is 11.6 Å². The van der Waals surface area contributed by atoms with Crippen LogP contribution in [-0.4, -0.2) is 19.7 Å². The van der Waals surface area contributed by atoms with Crippen LogP contribution in [0.4, 0.5) is 5.69 Å². The minimum atomic E-state index is -3.89. The molecule has 0 N–H and O–H groups in total. The fourth-order valence-electron chi connectivity index (χ4n) is 1.98. The Morgan fingerprint density at radius 1 is 1.14 bits per heavy atom. The van der Waals surface area contributed by atoms with Crippen LogP contribution in [0.15, 0.2) is 59.5 Å². The molecule has 0 aromatic heterocycles. The number of sulfonamides is 1. The molecule has 0 heterocycles. The Morgan fingerprint density at radius 2 is 1.77 bits per heavy atom. The lowest BCUT2D eigenvalue weighted by atomic mass is 10.3. The average Bonchev–Trinajstić information content (AvgIpc) is 2.48. The van der Waals surface area contributed by atoms with E-state index in [1.54, 1.807) is 36.4 Å². The van der Waals surface area contributed by atoms with Crippen molar-refractivity contribution in [3.8, 4) is 0 Å². The predicted molar refractivity (Wildman–Crippen MR) is 95.6 cm³/mol. The third kappa shape index (κ3) is 3.61.